The summed E-state index contributed by atoms with van der Waals surface area (Å²) in [6.45, 7) is 8.32. The molecule has 0 heterocycles. The van der Waals surface area contributed by atoms with Crippen LogP contribution in [0.1, 0.15) is 130 Å². The lowest BCUT2D eigenvalue weighted by molar-refractivity contribution is -0.148. The summed E-state index contributed by atoms with van der Waals surface area (Å²) in [5, 5.41) is 5.50. The minimum atomic E-state index is -1.06. The first-order chi connectivity index (χ1) is 21.1. The van der Waals surface area contributed by atoms with Crippen LogP contribution in [0.5, 0.6) is 0 Å². The van der Waals surface area contributed by atoms with Crippen LogP contribution in [0.25, 0.3) is 0 Å². The Morgan fingerprint density at radius 2 is 1.25 bits per heavy atom. The zero-order valence-corrected chi connectivity index (χ0v) is 28.0. The maximum Gasteiger partial charge on any atom is 0.246 e. The van der Waals surface area contributed by atoms with E-state index in [1.54, 1.807) is 20.1 Å². The highest BCUT2D eigenvalue weighted by molar-refractivity contribution is 6.00. The van der Waals surface area contributed by atoms with Gasteiger partial charge in [-0.15, -0.1) is 0 Å². The van der Waals surface area contributed by atoms with Crippen LogP contribution in [0.2, 0.25) is 0 Å². The Hall–Kier alpha value is -2.59. The lowest BCUT2D eigenvalue weighted by Gasteiger charge is -2.29. The maximum atomic E-state index is 12.6. The number of nitrogens with zero attached hydrogens (tertiary/aromatic N) is 1. The number of unbranched alkanes of at least 4 members (excludes halogenated alkanes) is 11. The Morgan fingerprint density at radius 3 is 1.75 bits per heavy atom. The standard InChI is InChI=1S/C34H61N4O6/c1-5-6-7-8-9-10-11-12-13-14-15-16-17-18-19-20-31(40)36-23-25-44-26-24-37-32(41)21-22-33(42)38(34(43)29(4)35)30(27-39)28(2)3/h12-13,28-30H,5-11,14-26,35H2,1-4H3,(H,36,40)(H,37,41)/b13-12-/t29-,30+/m0/s1. The van der Waals surface area contributed by atoms with Crippen molar-refractivity contribution in [2.24, 2.45) is 11.7 Å². The molecule has 0 saturated heterocycles. The van der Waals surface area contributed by atoms with Gasteiger partial charge in [0.2, 0.25) is 29.9 Å². The van der Waals surface area contributed by atoms with E-state index in [0.717, 1.165) is 30.6 Å². The summed E-state index contributed by atoms with van der Waals surface area (Å²) in [6.07, 6.45) is 22.5. The summed E-state index contributed by atoms with van der Waals surface area (Å²) in [4.78, 5) is 61.3. The van der Waals surface area contributed by atoms with Crippen LogP contribution >= 0.6 is 0 Å². The highest BCUT2D eigenvalue weighted by Gasteiger charge is 2.33. The molecule has 2 atom stereocenters. The Kier molecular flexibility index (Phi) is 26.3. The SMILES string of the molecule is CCCCCCCC/C=C\CCCCCCCC(=O)NCCOCCNC(=O)CCC(=O)N(C(=O)[C@H](C)N)[C@H]([C]=O)C(C)C. The predicted octanol–water partition coefficient (Wildman–Crippen LogP) is 4.89. The number of rotatable bonds is 28. The number of nitrogens with one attached hydrogen (secondary N) is 2. The molecule has 0 spiro atoms. The Labute approximate surface area is 266 Å². The van der Waals surface area contributed by atoms with E-state index in [9.17, 15) is 24.0 Å². The molecule has 10 nitrogen and oxygen atoms in total. The molecule has 1 radical (unpaired) electrons. The van der Waals surface area contributed by atoms with Gasteiger partial charge in [-0.05, 0) is 44.9 Å². The van der Waals surface area contributed by atoms with E-state index < -0.39 is 23.9 Å². The third-order valence-electron chi connectivity index (χ3n) is 7.29. The van der Waals surface area contributed by atoms with Crippen molar-refractivity contribution >= 4 is 29.9 Å². The largest absolute Gasteiger partial charge is 0.378 e. The molecule has 10 heteroatoms. The van der Waals surface area contributed by atoms with Crippen molar-refractivity contribution < 1.29 is 28.7 Å². The van der Waals surface area contributed by atoms with E-state index in [2.05, 4.69) is 29.7 Å². The minimum absolute atomic E-state index is 0.0210. The number of ether oxygens (including phenoxy) is 1. The fraction of sp³-hybridized carbons (Fsp3) is 0.794. The fourth-order valence-electron chi connectivity index (χ4n) is 4.62. The zero-order valence-electron chi connectivity index (χ0n) is 28.0. The van der Waals surface area contributed by atoms with E-state index in [0.29, 0.717) is 19.6 Å². The van der Waals surface area contributed by atoms with Crippen molar-refractivity contribution in [1.29, 1.82) is 0 Å². The fourth-order valence-corrected chi connectivity index (χ4v) is 4.62. The molecule has 0 aromatic heterocycles. The molecule has 0 saturated carbocycles. The van der Waals surface area contributed by atoms with Crippen molar-refractivity contribution in [3.8, 4) is 0 Å². The quantitative estimate of drug-likeness (QED) is 0.0832. The van der Waals surface area contributed by atoms with E-state index >= 15 is 0 Å². The van der Waals surface area contributed by atoms with Crippen LogP contribution in [-0.4, -0.2) is 73.2 Å². The molecule has 44 heavy (non-hydrogen) atoms. The van der Waals surface area contributed by atoms with E-state index in [1.165, 1.54) is 64.7 Å². The maximum absolute atomic E-state index is 12.6. The van der Waals surface area contributed by atoms with Crippen molar-refractivity contribution in [2.75, 3.05) is 26.3 Å². The monoisotopic (exact) mass is 621 g/mol. The van der Waals surface area contributed by atoms with Gasteiger partial charge in [0.15, 0.2) is 0 Å². The second kappa shape index (κ2) is 27.9. The molecule has 0 aromatic carbocycles. The van der Waals surface area contributed by atoms with Crippen LogP contribution in [0.4, 0.5) is 0 Å². The molecule has 0 fully saturated rings. The van der Waals surface area contributed by atoms with E-state index in [4.69, 9.17) is 10.5 Å². The van der Waals surface area contributed by atoms with Crippen LogP contribution in [-0.2, 0) is 28.7 Å². The smallest absolute Gasteiger partial charge is 0.246 e. The topological polar surface area (TPSA) is 148 Å². The summed E-state index contributed by atoms with van der Waals surface area (Å²) in [6, 6.07) is -2.02. The zero-order chi connectivity index (χ0) is 33.0. The van der Waals surface area contributed by atoms with Crippen LogP contribution in [0.3, 0.4) is 0 Å². The highest BCUT2D eigenvalue weighted by Crippen LogP contribution is 2.13. The number of allylic oxidation sites excluding steroid dienone is 2. The van der Waals surface area contributed by atoms with Gasteiger partial charge < -0.3 is 21.1 Å². The normalized spacial score (nSPS) is 12.7. The van der Waals surface area contributed by atoms with Crippen molar-refractivity contribution in [3.63, 3.8) is 0 Å². The highest BCUT2D eigenvalue weighted by atomic mass is 16.5. The summed E-state index contributed by atoms with van der Waals surface area (Å²) in [5.74, 6) is -2.00. The summed E-state index contributed by atoms with van der Waals surface area (Å²) in [7, 11) is 0. The molecular formula is C34H61N4O6. The number of hydrogen-bond acceptors (Lipinski definition) is 7. The van der Waals surface area contributed by atoms with Crippen molar-refractivity contribution in [1.82, 2.24) is 15.5 Å². The second-order valence-corrected chi connectivity index (χ2v) is 11.8. The van der Waals surface area contributed by atoms with E-state index in [-0.39, 0.29) is 43.7 Å². The number of amides is 4. The summed E-state index contributed by atoms with van der Waals surface area (Å²) < 4.78 is 5.45. The molecule has 0 aliphatic carbocycles. The minimum Gasteiger partial charge on any atom is -0.378 e. The lowest BCUT2D eigenvalue weighted by atomic mass is 10.0. The van der Waals surface area contributed by atoms with Gasteiger partial charge in [0.25, 0.3) is 0 Å². The molecule has 4 amide bonds. The third kappa shape index (κ3) is 22.0. The second-order valence-electron chi connectivity index (χ2n) is 11.8. The van der Waals surface area contributed by atoms with Gasteiger partial charge >= 0.3 is 0 Å². The van der Waals surface area contributed by atoms with Gasteiger partial charge in [-0.1, -0.05) is 84.3 Å². The molecule has 0 aliphatic heterocycles. The molecule has 0 unspecified atom stereocenters. The molecule has 0 rings (SSSR count). The number of imide groups is 1. The molecule has 0 bridgehead atoms. The number of nitrogens with two attached hydrogens (primary N) is 1. The first kappa shape index (κ1) is 41.4. The van der Waals surface area contributed by atoms with Gasteiger partial charge in [-0.2, -0.15) is 0 Å². The van der Waals surface area contributed by atoms with Crippen molar-refractivity contribution in [2.45, 2.75) is 143 Å². The Balaban J connectivity index is 3.79. The first-order valence-electron chi connectivity index (χ1n) is 16.9. The van der Waals surface area contributed by atoms with Crippen molar-refractivity contribution in [3.05, 3.63) is 12.2 Å². The molecule has 0 aliphatic rings. The average Bonchev–Trinajstić information content (AvgIpc) is 2.99. The Bertz CT molecular complexity index is 831. The number of carbonyl (C=O) groups is 4. The van der Waals surface area contributed by atoms with Gasteiger partial charge in [0.05, 0.1) is 19.3 Å². The van der Waals surface area contributed by atoms with Crippen LogP contribution in [0, 0.1) is 5.92 Å². The Morgan fingerprint density at radius 1 is 0.750 bits per heavy atom. The number of hydrogen-bond donors (Lipinski definition) is 3. The molecule has 0 aromatic rings. The molecule has 4 N–H and O–H groups in total. The summed E-state index contributed by atoms with van der Waals surface area (Å²) >= 11 is 0. The van der Waals surface area contributed by atoms with E-state index in [1.807, 2.05) is 0 Å². The van der Waals surface area contributed by atoms with Gasteiger partial charge in [-0.3, -0.25) is 28.9 Å². The lowest BCUT2D eigenvalue weighted by Crippen LogP contribution is -2.53. The average molecular weight is 622 g/mol. The van der Waals surface area contributed by atoms with Crippen LogP contribution < -0.4 is 16.4 Å². The molecular weight excluding hydrogens is 560 g/mol. The van der Waals surface area contributed by atoms with Crippen LogP contribution in [0.15, 0.2) is 12.2 Å². The predicted molar refractivity (Wildman–Crippen MR) is 175 cm³/mol. The van der Waals surface area contributed by atoms with Gasteiger partial charge in [0.1, 0.15) is 6.04 Å². The molecule has 253 valence electrons. The van der Waals surface area contributed by atoms with Gasteiger partial charge in [-0.25, -0.2) is 0 Å². The number of carbonyl (C=O) groups excluding carboxylic acids is 5. The summed E-state index contributed by atoms with van der Waals surface area (Å²) in [5.41, 5.74) is 5.63. The third-order valence-corrected chi connectivity index (χ3v) is 7.29. The first-order valence-corrected chi connectivity index (χ1v) is 16.9. The van der Waals surface area contributed by atoms with Gasteiger partial charge in [0, 0.05) is 32.4 Å².